The predicted octanol–water partition coefficient (Wildman–Crippen LogP) is 6.42. The Balaban J connectivity index is 1.29. The first-order chi connectivity index (χ1) is 22.2. The monoisotopic (exact) mass is 644 g/mol. The van der Waals surface area contributed by atoms with Crippen molar-refractivity contribution in [3.05, 3.63) is 107 Å². The van der Waals surface area contributed by atoms with Gasteiger partial charge < -0.3 is 20.7 Å². The van der Waals surface area contributed by atoms with Gasteiger partial charge >= 0.3 is 6.03 Å². The van der Waals surface area contributed by atoms with Crippen molar-refractivity contribution in [1.29, 1.82) is 0 Å². The number of hydrogen-bond donors (Lipinski definition) is 3. The molecule has 0 spiro atoms. The molecule has 4 N–H and O–H groups in total. The van der Waals surface area contributed by atoms with Gasteiger partial charge in [-0.3, -0.25) is 15.1 Å². The summed E-state index contributed by atoms with van der Waals surface area (Å²) in [6.45, 7) is 0.140. The lowest BCUT2D eigenvalue weighted by Gasteiger charge is -2.34. The van der Waals surface area contributed by atoms with Crippen LogP contribution in [0.4, 0.5) is 20.7 Å². The van der Waals surface area contributed by atoms with Crippen LogP contribution in [0.1, 0.15) is 49.7 Å². The highest BCUT2D eigenvalue weighted by atomic mass is 35.5. The van der Waals surface area contributed by atoms with Crippen LogP contribution in [-0.2, 0) is 15.1 Å². The average Bonchev–Trinajstić information content (AvgIpc) is 3.83. The van der Waals surface area contributed by atoms with E-state index >= 15 is 4.39 Å². The number of amides is 3. The molecule has 6 rings (SSSR count). The van der Waals surface area contributed by atoms with E-state index in [1.54, 1.807) is 43.8 Å². The summed E-state index contributed by atoms with van der Waals surface area (Å²) in [6, 6.07) is 10.0. The number of carbonyl (C=O) groups is 2. The smallest absolute Gasteiger partial charge is 0.323 e. The number of anilines is 2. The maximum atomic E-state index is 15.4. The number of aromatic nitrogens is 2. The third-order valence-corrected chi connectivity index (χ3v) is 9.74. The molecule has 240 valence electrons. The molecule has 0 bridgehead atoms. The van der Waals surface area contributed by atoms with Gasteiger partial charge in [0.1, 0.15) is 17.7 Å². The second-order valence-corrected chi connectivity index (χ2v) is 12.9. The Kier molecular flexibility index (Phi) is 9.22. The van der Waals surface area contributed by atoms with Gasteiger partial charge in [0.25, 0.3) is 0 Å². The fourth-order valence-corrected chi connectivity index (χ4v) is 6.69. The fourth-order valence-electron chi connectivity index (χ4n) is 6.58. The Morgan fingerprint density at radius 3 is 2.61 bits per heavy atom. The van der Waals surface area contributed by atoms with Gasteiger partial charge in [-0.15, -0.1) is 0 Å². The number of nitrogens with zero attached hydrogens (tertiary/aromatic N) is 3. The second kappa shape index (κ2) is 13.3. The number of methoxy groups -OCH3 is 1. The number of urea groups is 1. The van der Waals surface area contributed by atoms with Gasteiger partial charge in [0.2, 0.25) is 5.91 Å². The summed E-state index contributed by atoms with van der Waals surface area (Å²) in [6.07, 6.45) is 17.7. The van der Waals surface area contributed by atoms with Crippen molar-refractivity contribution < 1.29 is 18.7 Å². The van der Waals surface area contributed by atoms with Crippen LogP contribution in [-0.4, -0.2) is 52.1 Å². The first-order valence-corrected chi connectivity index (χ1v) is 16.0. The summed E-state index contributed by atoms with van der Waals surface area (Å²) in [5, 5.41) is 5.98. The number of hydrogen-bond acceptors (Lipinski definition) is 6. The quantitative estimate of drug-likeness (QED) is 0.234. The van der Waals surface area contributed by atoms with Crippen molar-refractivity contribution in [1.82, 2.24) is 14.9 Å². The largest absolute Gasteiger partial charge is 0.376 e. The summed E-state index contributed by atoms with van der Waals surface area (Å²) >= 11 is 5.97. The normalized spacial score (nSPS) is 23.6. The third kappa shape index (κ3) is 6.70. The van der Waals surface area contributed by atoms with Crippen LogP contribution in [0.15, 0.2) is 85.4 Å². The van der Waals surface area contributed by atoms with E-state index in [1.165, 1.54) is 30.0 Å². The zero-order chi connectivity index (χ0) is 32.3. The van der Waals surface area contributed by atoms with Gasteiger partial charge in [-0.2, -0.15) is 0 Å². The number of rotatable bonds is 10. The van der Waals surface area contributed by atoms with Gasteiger partial charge in [0.15, 0.2) is 0 Å². The van der Waals surface area contributed by atoms with Crippen LogP contribution in [0.2, 0.25) is 5.02 Å². The van der Waals surface area contributed by atoms with Gasteiger partial charge in [-0.25, -0.2) is 14.2 Å². The van der Waals surface area contributed by atoms with Crippen molar-refractivity contribution in [3.63, 3.8) is 0 Å². The first-order valence-electron chi connectivity index (χ1n) is 15.6. The van der Waals surface area contributed by atoms with E-state index in [0.717, 1.165) is 12.0 Å². The molecule has 2 unspecified atom stereocenters. The van der Waals surface area contributed by atoms with Gasteiger partial charge in [0.05, 0.1) is 28.4 Å². The third-order valence-electron chi connectivity index (χ3n) is 9.52. The number of carbonyl (C=O) groups excluding carboxylic acids is 2. The number of allylic oxidation sites excluding steroid dienone is 3. The van der Waals surface area contributed by atoms with Crippen LogP contribution in [0.3, 0.4) is 0 Å². The molecule has 11 heteroatoms. The Hall–Kier alpha value is -4.12. The average molecular weight is 645 g/mol. The topological polar surface area (TPSA) is 122 Å². The first kappa shape index (κ1) is 31.8. The number of likely N-dealkylation sites (tertiary alicyclic amines) is 1. The number of halogens is 2. The van der Waals surface area contributed by atoms with E-state index < -0.39 is 34.9 Å². The number of pyridine rings is 2. The van der Waals surface area contributed by atoms with E-state index in [4.69, 9.17) is 22.1 Å². The highest BCUT2D eigenvalue weighted by Crippen LogP contribution is 2.42. The molecule has 3 aliphatic rings. The molecule has 1 saturated heterocycles. The standard InChI is InChI=1S/C35H38ClFN6O3/c1-46-34(24-5-3-2-4-6-24)20-30(43(22-34)33(45)42-31-12-10-27(36)21-40-31)32(44)41-29-19-26(9-11-28(29)37)35(38,16-13-23-7-8-23)25-14-17-39-18-15-25/h2-5,9-12,14-15,17-19,21,23-24,30H,6-8,13,16,20,22,38H2,1H3,(H,41,44)(H,40,42,45)/t24?,30-,34-,35?/m1/s1. The maximum Gasteiger partial charge on any atom is 0.323 e. The molecular formula is C35H38ClFN6O3. The molecular weight excluding hydrogens is 607 g/mol. The minimum absolute atomic E-state index is 0.00654. The SMILES string of the molecule is CO[C@]1(C2C=CC=CC2)C[C@H](C(=O)Nc2cc(C(N)(CCC3CC3)c3ccncc3)ccc2F)N(C(=O)Nc2ccc(Cl)cn2)C1. The Bertz CT molecular complexity index is 1630. The van der Waals surface area contributed by atoms with E-state index in [1.807, 2.05) is 36.4 Å². The highest BCUT2D eigenvalue weighted by molar-refractivity contribution is 6.30. The van der Waals surface area contributed by atoms with E-state index in [-0.39, 0.29) is 30.4 Å². The van der Waals surface area contributed by atoms with Crippen molar-refractivity contribution in [2.24, 2.45) is 17.6 Å². The van der Waals surface area contributed by atoms with E-state index in [9.17, 15) is 9.59 Å². The molecule has 4 atom stereocenters. The maximum absolute atomic E-state index is 15.4. The fraction of sp³-hybridized carbons (Fsp3) is 0.371. The van der Waals surface area contributed by atoms with Crippen molar-refractivity contribution in [2.45, 2.75) is 55.7 Å². The molecule has 2 aromatic heterocycles. The molecule has 3 aromatic rings. The molecule has 1 saturated carbocycles. The Morgan fingerprint density at radius 1 is 1.13 bits per heavy atom. The lowest BCUT2D eigenvalue weighted by Crippen LogP contribution is -2.46. The summed E-state index contributed by atoms with van der Waals surface area (Å²) in [5.74, 6) is -0.288. The van der Waals surface area contributed by atoms with E-state index in [2.05, 4.69) is 20.6 Å². The number of nitrogens with two attached hydrogens (primary N) is 1. The molecule has 2 aliphatic carbocycles. The molecule has 1 aliphatic heterocycles. The number of benzene rings is 1. The zero-order valence-corrected chi connectivity index (χ0v) is 26.4. The Labute approximate surface area is 273 Å². The molecule has 3 heterocycles. The summed E-state index contributed by atoms with van der Waals surface area (Å²) in [4.78, 5) is 37.5. The predicted molar refractivity (Wildman–Crippen MR) is 176 cm³/mol. The molecule has 2 fully saturated rings. The second-order valence-electron chi connectivity index (χ2n) is 12.4. The van der Waals surface area contributed by atoms with Crippen molar-refractivity contribution in [2.75, 3.05) is 24.3 Å². The highest BCUT2D eigenvalue weighted by Gasteiger charge is 2.52. The van der Waals surface area contributed by atoms with Crippen LogP contribution < -0.4 is 16.4 Å². The van der Waals surface area contributed by atoms with Gasteiger partial charge in [-0.05, 0) is 72.7 Å². The lowest BCUT2D eigenvalue weighted by atomic mass is 9.79. The lowest BCUT2D eigenvalue weighted by molar-refractivity contribution is -0.120. The number of ether oxygens (including phenoxy) is 1. The zero-order valence-electron chi connectivity index (χ0n) is 25.7. The number of nitrogens with one attached hydrogen (secondary N) is 2. The minimum atomic E-state index is -0.965. The minimum Gasteiger partial charge on any atom is -0.376 e. The summed E-state index contributed by atoms with van der Waals surface area (Å²) in [5.41, 5.74) is 6.89. The Morgan fingerprint density at radius 2 is 1.93 bits per heavy atom. The van der Waals surface area contributed by atoms with Crippen molar-refractivity contribution >= 4 is 35.0 Å². The molecule has 46 heavy (non-hydrogen) atoms. The molecule has 9 nitrogen and oxygen atoms in total. The van der Waals surface area contributed by atoms with Crippen molar-refractivity contribution in [3.8, 4) is 0 Å². The van der Waals surface area contributed by atoms with Crippen LogP contribution in [0.5, 0.6) is 0 Å². The van der Waals surface area contributed by atoms with E-state index in [0.29, 0.717) is 29.3 Å². The molecule has 3 amide bonds. The summed E-state index contributed by atoms with van der Waals surface area (Å²) in [7, 11) is 1.59. The molecule has 1 aromatic carbocycles. The molecule has 0 radical (unpaired) electrons. The van der Waals surface area contributed by atoms with Crippen LogP contribution >= 0.6 is 11.6 Å². The van der Waals surface area contributed by atoms with Crippen LogP contribution in [0.25, 0.3) is 0 Å². The van der Waals surface area contributed by atoms with Gasteiger partial charge in [-0.1, -0.05) is 54.8 Å². The summed E-state index contributed by atoms with van der Waals surface area (Å²) < 4.78 is 21.5. The van der Waals surface area contributed by atoms with Gasteiger partial charge in [0, 0.05) is 38.0 Å². The van der Waals surface area contributed by atoms with Crippen LogP contribution in [0, 0.1) is 17.7 Å².